The number of ether oxygens (including phenoxy) is 3. The Labute approximate surface area is 201 Å². The van der Waals surface area contributed by atoms with Crippen LogP contribution in [0.15, 0.2) is 40.6 Å². The van der Waals surface area contributed by atoms with E-state index in [0.717, 1.165) is 22.1 Å². The summed E-state index contributed by atoms with van der Waals surface area (Å²) >= 11 is 1.50. The van der Waals surface area contributed by atoms with Crippen molar-refractivity contribution in [3.63, 3.8) is 0 Å². The smallest absolute Gasteiger partial charge is 0.259 e. The van der Waals surface area contributed by atoms with Gasteiger partial charge < -0.3 is 23.7 Å². The van der Waals surface area contributed by atoms with Gasteiger partial charge in [-0.25, -0.2) is 4.98 Å². The van der Waals surface area contributed by atoms with Gasteiger partial charge in [0.1, 0.15) is 16.3 Å². The minimum atomic E-state index is -0.181. The molecule has 1 amide bonds. The number of methoxy groups -OCH3 is 1. The van der Waals surface area contributed by atoms with E-state index in [9.17, 15) is 9.59 Å². The van der Waals surface area contributed by atoms with E-state index in [2.05, 4.69) is 9.88 Å². The molecule has 0 saturated heterocycles. The van der Waals surface area contributed by atoms with Gasteiger partial charge >= 0.3 is 0 Å². The molecule has 0 unspecified atom stereocenters. The topological polar surface area (TPSA) is 86.1 Å². The van der Waals surface area contributed by atoms with Crippen molar-refractivity contribution in [1.82, 2.24) is 19.4 Å². The predicted octanol–water partition coefficient (Wildman–Crippen LogP) is 2.37. The first kappa shape index (κ1) is 22.4. The number of thiazole rings is 1. The molecule has 178 valence electrons. The third kappa shape index (κ3) is 4.38. The van der Waals surface area contributed by atoms with Crippen LogP contribution < -0.4 is 19.8 Å². The van der Waals surface area contributed by atoms with E-state index in [0.29, 0.717) is 56.2 Å². The van der Waals surface area contributed by atoms with Gasteiger partial charge in [0.25, 0.3) is 11.5 Å². The van der Waals surface area contributed by atoms with Crippen LogP contribution in [0.25, 0.3) is 0 Å². The van der Waals surface area contributed by atoms with Gasteiger partial charge in [0.2, 0.25) is 6.79 Å². The molecule has 0 saturated carbocycles. The standard InChI is InChI=1S/C24H26N4O5S/c1-26(14-21-25-6-10-34-21)24(30)23-17-5-7-27(8-9-28(17)22(29)12-20(23)31-2)13-16-3-4-18-19(11-16)33-15-32-18/h3-4,6,10-12H,5,7-9,13-15H2,1-2H3. The lowest BCUT2D eigenvalue weighted by atomic mass is 10.1. The summed E-state index contributed by atoms with van der Waals surface area (Å²) in [6, 6.07) is 7.37. The average molecular weight is 483 g/mol. The van der Waals surface area contributed by atoms with E-state index < -0.39 is 0 Å². The maximum absolute atomic E-state index is 13.5. The Morgan fingerprint density at radius 1 is 1.21 bits per heavy atom. The predicted molar refractivity (Wildman–Crippen MR) is 127 cm³/mol. The van der Waals surface area contributed by atoms with Gasteiger partial charge in [-0.2, -0.15) is 0 Å². The van der Waals surface area contributed by atoms with Gasteiger partial charge in [0.15, 0.2) is 11.5 Å². The van der Waals surface area contributed by atoms with Crippen molar-refractivity contribution in [2.24, 2.45) is 0 Å². The Hall–Kier alpha value is -3.37. The second-order valence-corrected chi connectivity index (χ2v) is 9.30. The number of carbonyl (C=O) groups is 1. The highest BCUT2D eigenvalue weighted by atomic mass is 32.1. The van der Waals surface area contributed by atoms with Crippen molar-refractivity contribution in [2.45, 2.75) is 26.1 Å². The second kappa shape index (κ2) is 9.47. The average Bonchev–Trinajstić information content (AvgIpc) is 3.47. The zero-order valence-electron chi connectivity index (χ0n) is 19.2. The maximum Gasteiger partial charge on any atom is 0.259 e. The number of hydrogen-bond donors (Lipinski definition) is 0. The summed E-state index contributed by atoms with van der Waals surface area (Å²) in [5.74, 6) is 1.65. The van der Waals surface area contributed by atoms with Crippen molar-refractivity contribution >= 4 is 17.2 Å². The fourth-order valence-electron chi connectivity index (χ4n) is 4.44. The molecule has 0 fully saturated rings. The van der Waals surface area contributed by atoms with E-state index in [1.807, 2.05) is 23.6 Å². The van der Waals surface area contributed by atoms with E-state index in [1.54, 1.807) is 22.7 Å². The lowest BCUT2D eigenvalue weighted by Gasteiger charge is -2.21. The largest absolute Gasteiger partial charge is 0.496 e. The zero-order chi connectivity index (χ0) is 23.7. The number of rotatable bonds is 6. The van der Waals surface area contributed by atoms with Crippen LogP contribution in [0.1, 0.15) is 26.6 Å². The molecule has 0 aliphatic carbocycles. The van der Waals surface area contributed by atoms with E-state index in [4.69, 9.17) is 14.2 Å². The quantitative estimate of drug-likeness (QED) is 0.533. The first-order valence-corrected chi connectivity index (χ1v) is 12.0. The fraction of sp³-hybridized carbons (Fsp3) is 0.375. The molecule has 0 atom stereocenters. The molecule has 9 nitrogen and oxygen atoms in total. The third-order valence-electron chi connectivity index (χ3n) is 6.17. The minimum absolute atomic E-state index is 0.157. The monoisotopic (exact) mass is 482 g/mol. The van der Waals surface area contributed by atoms with Crippen molar-refractivity contribution in [2.75, 3.05) is 34.0 Å². The van der Waals surface area contributed by atoms with Crippen LogP contribution in [0.5, 0.6) is 17.2 Å². The van der Waals surface area contributed by atoms with Gasteiger partial charge in [-0.3, -0.25) is 14.5 Å². The highest BCUT2D eigenvalue weighted by molar-refractivity contribution is 7.09. The SMILES string of the molecule is COc1cc(=O)n2c(c1C(=O)N(C)Cc1nccs1)CCN(Cc1ccc3c(c1)OCO3)CC2. The molecule has 2 aliphatic rings. The molecule has 1 aromatic carbocycles. The molecule has 4 heterocycles. The number of fused-ring (bicyclic) bond motifs is 2. The lowest BCUT2D eigenvalue weighted by molar-refractivity contribution is 0.0779. The Kier molecular flexibility index (Phi) is 6.25. The first-order valence-electron chi connectivity index (χ1n) is 11.1. The Morgan fingerprint density at radius 2 is 2.06 bits per heavy atom. The molecule has 34 heavy (non-hydrogen) atoms. The molecule has 5 rings (SSSR count). The van der Waals surface area contributed by atoms with Crippen LogP contribution in [-0.4, -0.2) is 59.3 Å². The van der Waals surface area contributed by atoms with Crippen LogP contribution in [0.4, 0.5) is 0 Å². The third-order valence-corrected chi connectivity index (χ3v) is 6.93. The normalized spacial score (nSPS) is 15.0. The van der Waals surface area contributed by atoms with E-state index >= 15 is 0 Å². The summed E-state index contributed by atoms with van der Waals surface area (Å²) in [5, 5.41) is 2.74. The van der Waals surface area contributed by atoms with Crippen molar-refractivity contribution in [3.8, 4) is 17.2 Å². The van der Waals surface area contributed by atoms with Crippen LogP contribution in [0.2, 0.25) is 0 Å². The van der Waals surface area contributed by atoms with E-state index in [1.165, 1.54) is 24.5 Å². The second-order valence-electron chi connectivity index (χ2n) is 8.33. The van der Waals surface area contributed by atoms with Gasteiger partial charge in [-0.05, 0) is 17.7 Å². The Bertz CT molecular complexity index is 1260. The molecule has 2 aliphatic heterocycles. The molecule has 3 aromatic rings. The molecule has 10 heteroatoms. The number of hydrogen-bond acceptors (Lipinski definition) is 8. The van der Waals surface area contributed by atoms with Gasteiger partial charge in [-0.15, -0.1) is 11.3 Å². The van der Waals surface area contributed by atoms with Gasteiger partial charge in [0, 0.05) is 63.0 Å². The van der Waals surface area contributed by atoms with Crippen molar-refractivity contribution in [3.05, 3.63) is 68.0 Å². The molecule has 0 bridgehead atoms. The lowest BCUT2D eigenvalue weighted by Crippen LogP contribution is -2.32. The summed E-state index contributed by atoms with van der Waals surface area (Å²) in [5.41, 5.74) is 2.12. The number of aromatic nitrogens is 2. The number of benzene rings is 1. The van der Waals surface area contributed by atoms with Crippen LogP contribution in [-0.2, 0) is 26.1 Å². The molecule has 0 spiro atoms. The van der Waals surface area contributed by atoms with E-state index in [-0.39, 0.29) is 18.3 Å². The van der Waals surface area contributed by atoms with Crippen LogP contribution in [0, 0.1) is 0 Å². The summed E-state index contributed by atoms with van der Waals surface area (Å²) in [6.45, 7) is 3.25. The molecular weight excluding hydrogens is 456 g/mol. The number of amides is 1. The van der Waals surface area contributed by atoms with Crippen molar-refractivity contribution < 1.29 is 19.0 Å². The summed E-state index contributed by atoms with van der Waals surface area (Å²) in [4.78, 5) is 34.6. The highest BCUT2D eigenvalue weighted by Crippen LogP contribution is 2.33. The Balaban J connectivity index is 1.39. The molecule has 0 radical (unpaired) electrons. The first-order chi connectivity index (χ1) is 16.5. The van der Waals surface area contributed by atoms with Gasteiger partial charge in [0.05, 0.1) is 13.7 Å². The molecule has 2 aromatic heterocycles. The van der Waals surface area contributed by atoms with Crippen molar-refractivity contribution in [1.29, 1.82) is 0 Å². The highest BCUT2D eigenvalue weighted by Gasteiger charge is 2.27. The Morgan fingerprint density at radius 3 is 2.85 bits per heavy atom. The fourth-order valence-corrected chi connectivity index (χ4v) is 5.11. The van der Waals surface area contributed by atoms with Gasteiger partial charge in [-0.1, -0.05) is 6.07 Å². The van der Waals surface area contributed by atoms with Crippen LogP contribution in [0.3, 0.4) is 0 Å². The molecular formula is C24H26N4O5S. The number of carbonyl (C=O) groups excluding carboxylic acids is 1. The summed E-state index contributed by atoms with van der Waals surface area (Å²) in [6.07, 6.45) is 2.28. The maximum atomic E-state index is 13.5. The summed E-state index contributed by atoms with van der Waals surface area (Å²) in [7, 11) is 3.24. The summed E-state index contributed by atoms with van der Waals surface area (Å²) < 4.78 is 18.1. The number of nitrogens with zero attached hydrogens (tertiary/aromatic N) is 4. The van der Waals surface area contributed by atoms with Crippen LogP contribution >= 0.6 is 11.3 Å². The molecule has 0 N–H and O–H groups in total. The minimum Gasteiger partial charge on any atom is -0.496 e. The zero-order valence-corrected chi connectivity index (χ0v) is 20.0. The number of pyridine rings is 1.